The molecule has 6 heteroatoms. The molecule has 1 atom stereocenters. The SMILES string of the molecule is CCNc1cncc(NC2CCC(=O)NC2)n1. The summed E-state index contributed by atoms with van der Waals surface area (Å²) in [6.07, 6.45) is 4.78. The zero-order chi connectivity index (χ0) is 12.1. The number of nitrogens with one attached hydrogen (secondary N) is 3. The van der Waals surface area contributed by atoms with Gasteiger partial charge < -0.3 is 16.0 Å². The van der Waals surface area contributed by atoms with Crippen molar-refractivity contribution in [2.75, 3.05) is 23.7 Å². The summed E-state index contributed by atoms with van der Waals surface area (Å²) in [4.78, 5) is 19.5. The first kappa shape index (κ1) is 11.6. The largest absolute Gasteiger partial charge is 0.369 e. The fourth-order valence-corrected chi connectivity index (χ4v) is 1.77. The Kier molecular flexibility index (Phi) is 3.74. The Morgan fingerprint density at radius 2 is 2.29 bits per heavy atom. The van der Waals surface area contributed by atoms with Crippen LogP contribution in [0.1, 0.15) is 19.8 Å². The summed E-state index contributed by atoms with van der Waals surface area (Å²) in [5.74, 6) is 1.62. The monoisotopic (exact) mass is 235 g/mol. The van der Waals surface area contributed by atoms with E-state index in [9.17, 15) is 4.79 Å². The second-order valence-electron chi connectivity index (χ2n) is 4.00. The summed E-state index contributed by atoms with van der Waals surface area (Å²) in [6, 6.07) is 0.235. The number of piperidine rings is 1. The number of anilines is 2. The van der Waals surface area contributed by atoms with E-state index in [1.165, 1.54) is 0 Å². The van der Waals surface area contributed by atoms with Crippen LogP contribution in [0.3, 0.4) is 0 Å². The number of hydrogen-bond donors (Lipinski definition) is 3. The molecule has 1 unspecified atom stereocenters. The maximum absolute atomic E-state index is 11.0. The molecule has 0 aromatic carbocycles. The standard InChI is InChI=1S/C11H17N5O/c1-2-13-9-6-12-7-10(16-9)15-8-3-4-11(17)14-5-8/h6-8H,2-5H2,1H3,(H,14,17)(H2,13,15,16). The van der Waals surface area contributed by atoms with E-state index >= 15 is 0 Å². The molecule has 2 rings (SSSR count). The van der Waals surface area contributed by atoms with Gasteiger partial charge in [-0.3, -0.25) is 9.78 Å². The molecule has 1 aromatic rings. The quantitative estimate of drug-likeness (QED) is 0.712. The Hall–Kier alpha value is -1.85. The van der Waals surface area contributed by atoms with E-state index in [-0.39, 0.29) is 11.9 Å². The van der Waals surface area contributed by atoms with Crippen molar-refractivity contribution >= 4 is 17.5 Å². The van der Waals surface area contributed by atoms with Crippen molar-refractivity contribution in [1.29, 1.82) is 0 Å². The number of nitrogens with zero attached hydrogens (tertiary/aromatic N) is 2. The zero-order valence-corrected chi connectivity index (χ0v) is 9.86. The maximum Gasteiger partial charge on any atom is 0.220 e. The zero-order valence-electron chi connectivity index (χ0n) is 9.86. The van der Waals surface area contributed by atoms with Gasteiger partial charge in [0.05, 0.1) is 12.4 Å². The van der Waals surface area contributed by atoms with Crippen LogP contribution < -0.4 is 16.0 Å². The maximum atomic E-state index is 11.0. The summed E-state index contributed by atoms with van der Waals surface area (Å²) in [5.41, 5.74) is 0. The molecule has 2 heterocycles. The van der Waals surface area contributed by atoms with Crippen molar-refractivity contribution in [3.8, 4) is 0 Å². The van der Waals surface area contributed by atoms with E-state index in [4.69, 9.17) is 0 Å². The van der Waals surface area contributed by atoms with E-state index in [2.05, 4.69) is 25.9 Å². The van der Waals surface area contributed by atoms with Gasteiger partial charge in [0.1, 0.15) is 11.6 Å². The second-order valence-corrected chi connectivity index (χ2v) is 4.00. The molecule has 1 aliphatic heterocycles. The molecular formula is C11H17N5O. The lowest BCUT2D eigenvalue weighted by molar-refractivity contribution is -0.122. The molecule has 0 bridgehead atoms. The first-order chi connectivity index (χ1) is 8.28. The predicted molar refractivity (Wildman–Crippen MR) is 65.9 cm³/mol. The van der Waals surface area contributed by atoms with Crippen LogP contribution in [0.15, 0.2) is 12.4 Å². The molecule has 0 aliphatic carbocycles. The molecule has 1 fully saturated rings. The number of carbonyl (C=O) groups excluding carboxylic acids is 1. The van der Waals surface area contributed by atoms with Crippen molar-refractivity contribution in [2.45, 2.75) is 25.8 Å². The van der Waals surface area contributed by atoms with Crippen LogP contribution >= 0.6 is 0 Å². The lowest BCUT2D eigenvalue weighted by atomic mass is 10.1. The summed E-state index contributed by atoms with van der Waals surface area (Å²) in [6.45, 7) is 3.47. The number of amides is 1. The molecule has 0 spiro atoms. The predicted octanol–water partition coefficient (Wildman–Crippen LogP) is 0.599. The van der Waals surface area contributed by atoms with E-state index in [1.807, 2.05) is 6.92 Å². The minimum Gasteiger partial charge on any atom is -0.369 e. The van der Waals surface area contributed by atoms with Crippen LogP contribution in [0, 0.1) is 0 Å². The van der Waals surface area contributed by atoms with Crippen LogP contribution in [0.25, 0.3) is 0 Å². The average molecular weight is 235 g/mol. The van der Waals surface area contributed by atoms with Crippen LogP contribution in [0.2, 0.25) is 0 Å². The van der Waals surface area contributed by atoms with Gasteiger partial charge in [0.15, 0.2) is 0 Å². The second kappa shape index (κ2) is 5.47. The molecule has 1 aromatic heterocycles. The summed E-state index contributed by atoms with van der Waals surface area (Å²) in [5, 5.41) is 9.21. The molecule has 1 amide bonds. The highest BCUT2D eigenvalue weighted by Gasteiger charge is 2.17. The van der Waals surface area contributed by atoms with Crippen molar-refractivity contribution in [1.82, 2.24) is 15.3 Å². The van der Waals surface area contributed by atoms with Gasteiger partial charge in [-0.15, -0.1) is 0 Å². The van der Waals surface area contributed by atoms with Crippen molar-refractivity contribution in [2.24, 2.45) is 0 Å². The van der Waals surface area contributed by atoms with Gasteiger partial charge >= 0.3 is 0 Å². The molecule has 1 saturated heterocycles. The van der Waals surface area contributed by atoms with Gasteiger partial charge in [0.25, 0.3) is 0 Å². The van der Waals surface area contributed by atoms with Crippen LogP contribution in [-0.2, 0) is 4.79 Å². The molecule has 0 radical (unpaired) electrons. The molecule has 6 nitrogen and oxygen atoms in total. The topological polar surface area (TPSA) is 78.9 Å². The highest BCUT2D eigenvalue weighted by atomic mass is 16.1. The first-order valence-electron chi connectivity index (χ1n) is 5.87. The lowest BCUT2D eigenvalue weighted by Crippen LogP contribution is -2.42. The Balaban J connectivity index is 1.93. The summed E-state index contributed by atoms with van der Waals surface area (Å²) >= 11 is 0. The fourth-order valence-electron chi connectivity index (χ4n) is 1.77. The van der Waals surface area contributed by atoms with Crippen molar-refractivity contribution in [3.63, 3.8) is 0 Å². The highest BCUT2D eigenvalue weighted by molar-refractivity contribution is 5.76. The molecule has 1 aliphatic rings. The van der Waals surface area contributed by atoms with E-state index in [0.29, 0.717) is 13.0 Å². The van der Waals surface area contributed by atoms with Crippen LogP contribution in [0.5, 0.6) is 0 Å². The fraction of sp³-hybridized carbons (Fsp3) is 0.545. The third-order valence-corrected chi connectivity index (χ3v) is 2.61. The third-order valence-electron chi connectivity index (χ3n) is 2.61. The van der Waals surface area contributed by atoms with E-state index in [1.54, 1.807) is 12.4 Å². The smallest absolute Gasteiger partial charge is 0.220 e. The van der Waals surface area contributed by atoms with Gasteiger partial charge in [-0.2, -0.15) is 0 Å². The normalized spacial score (nSPS) is 19.6. The van der Waals surface area contributed by atoms with Gasteiger partial charge in [-0.25, -0.2) is 4.98 Å². The minimum atomic E-state index is 0.121. The van der Waals surface area contributed by atoms with Gasteiger partial charge in [0, 0.05) is 25.6 Å². The Morgan fingerprint density at radius 3 is 3.00 bits per heavy atom. The third kappa shape index (κ3) is 3.30. The summed E-state index contributed by atoms with van der Waals surface area (Å²) in [7, 11) is 0. The Morgan fingerprint density at radius 1 is 1.47 bits per heavy atom. The van der Waals surface area contributed by atoms with Gasteiger partial charge in [-0.05, 0) is 13.3 Å². The Labute approximate surface area is 100 Å². The van der Waals surface area contributed by atoms with Crippen molar-refractivity contribution in [3.05, 3.63) is 12.4 Å². The molecule has 3 N–H and O–H groups in total. The minimum absolute atomic E-state index is 0.121. The number of hydrogen-bond acceptors (Lipinski definition) is 5. The molecular weight excluding hydrogens is 218 g/mol. The molecule has 92 valence electrons. The first-order valence-corrected chi connectivity index (χ1v) is 5.87. The number of aromatic nitrogens is 2. The molecule has 0 saturated carbocycles. The lowest BCUT2D eigenvalue weighted by Gasteiger charge is -2.23. The van der Waals surface area contributed by atoms with E-state index < -0.39 is 0 Å². The van der Waals surface area contributed by atoms with Gasteiger partial charge in [-0.1, -0.05) is 0 Å². The van der Waals surface area contributed by atoms with E-state index in [0.717, 1.165) is 24.6 Å². The molecule has 17 heavy (non-hydrogen) atoms. The summed E-state index contributed by atoms with van der Waals surface area (Å²) < 4.78 is 0. The number of carbonyl (C=O) groups is 1. The van der Waals surface area contributed by atoms with Crippen molar-refractivity contribution < 1.29 is 4.79 Å². The van der Waals surface area contributed by atoms with Crippen LogP contribution in [-0.4, -0.2) is 35.0 Å². The van der Waals surface area contributed by atoms with Gasteiger partial charge in [0.2, 0.25) is 5.91 Å². The highest BCUT2D eigenvalue weighted by Crippen LogP contribution is 2.11. The van der Waals surface area contributed by atoms with Crippen LogP contribution in [0.4, 0.5) is 11.6 Å². The average Bonchev–Trinajstić information content (AvgIpc) is 2.33. The Bertz CT molecular complexity index is 385. The number of rotatable bonds is 4.